The number of hydrogen-bond donors (Lipinski definition) is 1. The third-order valence-corrected chi connectivity index (χ3v) is 5.31. The Morgan fingerprint density at radius 3 is 2.62 bits per heavy atom. The molecule has 3 heterocycles. The van der Waals surface area contributed by atoms with Gasteiger partial charge in [0, 0.05) is 45.1 Å². The van der Waals surface area contributed by atoms with Crippen LogP contribution < -0.4 is 15.8 Å². The van der Waals surface area contributed by atoms with Gasteiger partial charge in [0.15, 0.2) is 11.5 Å². The van der Waals surface area contributed by atoms with Crippen molar-refractivity contribution in [3.63, 3.8) is 0 Å². The van der Waals surface area contributed by atoms with Crippen LogP contribution in [0.25, 0.3) is 11.2 Å². The fourth-order valence-corrected chi connectivity index (χ4v) is 3.53. The summed E-state index contributed by atoms with van der Waals surface area (Å²) < 4.78 is 1.53. The number of amides is 2. The average molecular weight is 392 g/mol. The zero-order valence-corrected chi connectivity index (χ0v) is 16.8. The molecule has 1 saturated heterocycles. The largest absolute Gasteiger partial charge is 0.348 e. The second-order valence-corrected chi connectivity index (χ2v) is 7.37. The van der Waals surface area contributed by atoms with Gasteiger partial charge in [-0.3, -0.25) is 9.36 Å². The fraction of sp³-hybridized carbons (Fsp3) is 0.333. The molecule has 1 fully saturated rings. The van der Waals surface area contributed by atoms with Crippen LogP contribution in [0.4, 0.5) is 16.3 Å². The van der Waals surface area contributed by atoms with Crippen molar-refractivity contribution < 1.29 is 4.79 Å². The molecule has 1 aliphatic heterocycles. The molecule has 2 aromatic heterocycles. The van der Waals surface area contributed by atoms with Crippen LogP contribution in [0.1, 0.15) is 11.1 Å². The summed E-state index contributed by atoms with van der Waals surface area (Å²) in [6.07, 6.45) is 1.65. The molecule has 0 spiro atoms. The first-order valence-electron chi connectivity index (χ1n) is 9.64. The molecular formula is C21H24N6O2. The van der Waals surface area contributed by atoms with E-state index in [1.165, 1.54) is 4.57 Å². The first-order chi connectivity index (χ1) is 13.9. The van der Waals surface area contributed by atoms with Gasteiger partial charge in [0.05, 0.1) is 0 Å². The summed E-state index contributed by atoms with van der Waals surface area (Å²) in [5, 5.41) is 3.00. The topological polar surface area (TPSA) is 83.4 Å². The molecule has 0 radical (unpaired) electrons. The molecule has 0 bridgehead atoms. The predicted octanol–water partition coefficient (Wildman–Crippen LogP) is 2.30. The molecule has 8 nitrogen and oxygen atoms in total. The number of urea groups is 1. The number of anilines is 2. The number of carbonyl (C=O) groups excluding carboxylic acids is 1. The highest BCUT2D eigenvalue weighted by atomic mass is 16.2. The van der Waals surface area contributed by atoms with Crippen LogP contribution >= 0.6 is 0 Å². The Labute approximate surface area is 168 Å². The lowest BCUT2D eigenvalue weighted by atomic mass is 10.1. The number of nitrogens with zero attached hydrogens (tertiary/aromatic N) is 5. The zero-order valence-electron chi connectivity index (χ0n) is 16.8. The van der Waals surface area contributed by atoms with Crippen molar-refractivity contribution >= 4 is 28.7 Å². The predicted molar refractivity (Wildman–Crippen MR) is 113 cm³/mol. The van der Waals surface area contributed by atoms with E-state index in [1.807, 2.05) is 43.0 Å². The Balaban J connectivity index is 1.48. The molecule has 1 aliphatic rings. The van der Waals surface area contributed by atoms with E-state index in [0.29, 0.717) is 43.2 Å². The summed E-state index contributed by atoms with van der Waals surface area (Å²) in [5.41, 5.74) is 4.02. The van der Waals surface area contributed by atoms with E-state index in [1.54, 1.807) is 24.2 Å². The van der Waals surface area contributed by atoms with Crippen molar-refractivity contribution in [2.45, 2.75) is 13.8 Å². The summed E-state index contributed by atoms with van der Waals surface area (Å²) in [4.78, 5) is 37.9. The minimum Gasteiger partial charge on any atom is -0.348 e. The standard InChI is InChI=1S/C21H24N6O2/c1-14-6-7-15(2)17(13-14)24-21(29)27-11-9-26(10-12-27)19-20(28)25(3)18-16(23-19)5-4-8-22-18/h4-8,13H,9-12H2,1-3H3,(H,24,29). The molecule has 4 rings (SSSR count). The lowest BCUT2D eigenvalue weighted by molar-refractivity contribution is 0.208. The van der Waals surface area contributed by atoms with Crippen LogP contribution in [0.15, 0.2) is 41.3 Å². The molecular weight excluding hydrogens is 368 g/mol. The number of hydrogen-bond acceptors (Lipinski definition) is 5. The van der Waals surface area contributed by atoms with E-state index in [0.717, 1.165) is 16.8 Å². The monoisotopic (exact) mass is 392 g/mol. The average Bonchev–Trinajstić information content (AvgIpc) is 2.73. The third kappa shape index (κ3) is 3.65. The van der Waals surface area contributed by atoms with Gasteiger partial charge >= 0.3 is 6.03 Å². The summed E-state index contributed by atoms with van der Waals surface area (Å²) >= 11 is 0. The molecule has 0 atom stereocenters. The summed E-state index contributed by atoms with van der Waals surface area (Å²) in [7, 11) is 1.71. The van der Waals surface area contributed by atoms with Gasteiger partial charge in [-0.05, 0) is 43.2 Å². The van der Waals surface area contributed by atoms with Gasteiger partial charge in [0.1, 0.15) is 5.52 Å². The molecule has 0 saturated carbocycles. The Morgan fingerprint density at radius 1 is 1.10 bits per heavy atom. The van der Waals surface area contributed by atoms with Crippen molar-refractivity contribution in [2.24, 2.45) is 7.05 Å². The maximum Gasteiger partial charge on any atom is 0.321 e. The van der Waals surface area contributed by atoms with E-state index < -0.39 is 0 Å². The van der Waals surface area contributed by atoms with Gasteiger partial charge in [0.25, 0.3) is 5.56 Å². The Hall–Kier alpha value is -3.42. The van der Waals surface area contributed by atoms with Crippen molar-refractivity contribution in [2.75, 3.05) is 36.4 Å². The third-order valence-electron chi connectivity index (χ3n) is 5.31. The van der Waals surface area contributed by atoms with Crippen LogP contribution in [0.5, 0.6) is 0 Å². The molecule has 0 aliphatic carbocycles. The highest BCUT2D eigenvalue weighted by Gasteiger charge is 2.24. The number of piperazine rings is 1. The van der Waals surface area contributed by atoms with Crippen LogP contribution in [0, 0.1) is 13.8 Å². The number of carbonyl (C=O) groups is 1. The summed E-state index contributed by atoms with van der Waals surface area (Å²) in [6.45, 7) is 6.12. The smallest absolute Gasteiger partial charge is 0.321 e. The van der Waals surface area contributed by atoms with Crippen molar-refractivity contribution in [3.05, 3.63) is 58.0 Å². The molecule has 0 unspecified atom stereocenters. The minimum atomic E-state index is -0.176. The summed E-state index contributed by atoms with van der Waals surface area (Å²) in [6, 6.07) is 9.52. The molecule has 3 aromatic rings. The molecule has 2 amide bonds. The lowest BCUT2D eigenvalue weighted by Gasteiger charge is -2.35. The first kappa shape index (κ1) is 18.9. The molecule has 1 N–H and O–H groups in total. The normalized spacial score (nSPS) is 14.3. The van der Waals surface area contributed by atoms with Crippen molar-refractivity contribution in [1.29, 1.82) is 0 Å². The highest BCUT2D eigenvalue weighted by Crippen LogP contribution is 2.18. The SMILES string of the molecule is Cc1ccc(C)c(NC(=O)N2CCN(c3nc4cccnc4n(C)c3=O)CC2)c1. The Kier molecular flexibility index (Phi) is 4.92. The van der Waals surface area contributed by atoms with E-state index >= 15 is 0 Å². The van der Waals surface area contributed by atoms with Gasteiger partial charge in [-0.15, -0.1) is 0 Å². The van der Waals surface area contributed by atoms with Gasteiger partial charge in [-0.2, -0.15) is 0 Å². The van der Waals surface area contributed by atoms with Gasteiger partial charge in [0.2, 0.25) is 0 Å². The van der Waals surface area contributed by atoms with Gasteiger partial charge < -0.3 is 15.1 Å². The molecule has 150 valence electrons. The van der Waals surface area contributed by atoms with Crippen molar-refractivity contribution in [1.82, 2.24) is 19.4 Å². The maximum absolute atomic E-state index is 12.7. The van der Waals surface area contributed by atoms with Crippen molar-refractivity contribution in [3.8, 4) is 0 Å². The molecule has 29 heavy (non-hydrogen) atoms. The molecule has 8 heteroatoms. The number of aryl methyl sites for hydroxylation is 3. The second-order valence-electron chi connectivity index (χ2n) is 7.37. The number of fused-ring (bicyclic) bond motifs is 1. The zero-order chi connectivity index (χ0) is 20.5. The van der Waals surface area contributed by atoms with E-state index in [9.17, 15) is 9.59 Å². The quantitative estimate of drug-likeness (QED) is 0.724. The van der Waals surface area contributed by atoms with E-state index in [2.05, 4.69) is 15.3 Å². The van der Waals surface area contributed by atoms with Gasteiger partial charge in [-0.25, -0.2) is 14.8 Å². The lowest BCUT2D eigenvalue weighted by Crippen LogP contribution is -2.51. The minimum absolute atomic E-state index is 0.123. The number of rotatable bonds is 2. The highest BCUT2D eigenvalue weighted by molar-refractivity contribution is 5.90. The van der Waals surface area contributed by atoms with E-state index in [-0.39, 0.29) is 11.6 Å². The molecule has 1 aromatic carbocycles. The number of pyridine rings is 1. The van der Waals surface area contributed by atoms with Crippen LogP contribution in [-0.4, -0.2) is 51.6 Å². The van der Waals surface area contributed by atoms with E-state index in [4.69, 9.17) is 0 Å². The Morgan fingerprint density at radius 2 is 1.86 bits per heavy atom. The Bertz CT molecular complexity index is 1130. The number of benzene rings is 1. The van der Waals surface area contributed by atoms with Crippen LogP contribution in [0.2, 0.25) is 0 Å². The maximum atomic E-state index is 12.7. The fourth-order valence-electron chi connectivity index (χ4n) is 3.53. The number of aromatic nitrogens is 3. The van der Waals surface area contributed by atoms with Crippen LogP contribution in [0.3, 0.4) is 0 Å². The first-order valence-corrected chi connectivity index (χ1v) is 9.64. The van der Waals surface area contributed by atoms with Gasteiger partial charge in [-0.1, -0.05) is 12.1 Å². The summed E-state index contributed by atoms with van der Waals surface area (Å²) in [5.74, 6) is 0.405. The van der Waals surface area contributed by atoms with Crippen LogP contribution in [-0.2, 0) is 7.05 Å². The number of nitrogens with one attached hydrogen (secondary N) is 1. The second kappa shape index (κ2) is 7.54.